The number of hydrogen-bond donors (Lipinski definition) is 0. The Kier molecular flexibility index (Phi) is 4.96. The van der Waals surface area contributed by atoms with Crippen molar-refractivity contribution in [1.82, 2.24) is 0 Å². The van der Waals surface area contributed by atoms with Gasteiger partial charge in [0.1, 0.15) is 0 Å². The van der Waals surface area contributed by atoms with Crippen molar-refractivity contribution < 1.29 is 19.4 Å². The van der Waals surface area contributed by atoms with Crippen LogP contribution in [0.4, 0.5) is 11.4 Å². The molecule has 1 aromatic carbocycles. The average molecular weight is 296 g/mol. The zero-order chi connectivity index (χ0) is 16.2. The summed E-state index contributed by atoms with van der Waals surface area (Å²) in [7, 11) is 0. The molecule has 114 valence electrons. The van der Waals surface area contributed by atoms with Gasteiger partial charge in [-0.2, -0.15) is 0 Å². The quantitative estimate of drug-likeness (QED) is 0.453. The van der Waals surface area contributed by atoms with E-state index in [0.29, 0.717) is 0 Å². The number of hydrogen-bond acceptors (Lipinski definition) is 6. The molecule has 0 amide bonds. The van der Waals surface area contributed by atoms with E-state index in [4.69, 9.17) is 4.74 Å². The summed E-state index contributed by atoms with van der Waals surface area (Å²) in [5.41, 5.74) is -1.44. The van der Waals surface area contributed by atoms with Crippen LogP contribution in [0.25, 0.3) is 0 Å². The van der Waals surface area contributed by atoms with Crippen molar-refractivity contribution in [2.24, 2.45) is 5.41 Å². The summed E-state index contributed by atoms with van der Waals surface area (Å²) in [5, 5.41) is 21.7. The Hall–Kier alpha value is -2.51. The van der Waals surface area contributed by atoms with Crippen LogP contribution in [-0.2, 0) is 16.0 Å². The lowest BCUT2D eigenvalue weighted by Gasteiger charge is -2.22. The Morgan fingerprint density at radius 2 is 1.86 bits per heavy atom. The van der Waals surface area contributed by atoms with Crippen molar-refractivity contribution in [1.29, 1.82) is 0 Å². The number of rotatable bonds is 6. The van der Waals surface area contributed by atoms with Gasteiger partial charge in [0.15, 0.2) is 0 Å². The van der Waals surface area contributed by atoms with Crippen LogP contribution >= 0.6 is 0 Å². The van der Waals surface area contributed by atoms with Gasteiger partial charge < -0.3 is 4.74 Å². The van der Waals surface area contributed by atoms with E-state index in [1.807, 2.05) is 0 Å². The first-order valence-corrected chi connectivity index (χ1v) is 6.28. The molecule has 1 aromatic rings. The molecule has 0 bridgehead atoms. The number of carbonyl (C=O) groups is 1. The third-order valence-electron chi connectivity index (χ3n) is 2.94. The molecule has 1 rings (SSSR count). The first kappa shape index (κ1) is 16.5. The summed E-state index contributed by atoms with van der Waals surface area (Å²) >= 11 is 0. The number of nitrogens with zero attached hydrogens (tertiary/aromatic N) is 2. The number of benzene rings is 1. The van der Waals surface area contributed by atoms with Gasteiger partial charge in [-0.25, -0.2) is 0 Å². The first-order valence-electron chi connectivity index (χ1n) is 6.28. The normalized spacial score (nSPS) is 11.0. The number of esters is 1. The second-order valence-corrected chi connectivity index (χ2v) is 5.11. The van der Waals surface area contributed by atoms with Gasteiger partial charge in [0.05, 0.1) is 27.9 Å². The third kappa shape index (κ3) is 3.98. The van der Waals surface area contributed by atoms with Crippen LogP contribution in [-0.4, -0.2) is 22.4 Å². The lowest BCUT2D eigenvalue weighted by molar-refractivity contribution is -0.394. The van der Waals surface area contributed by atoms with Gasteiger partial charge in [-0.05, 0) is 33.3 Å². The van der Waals surface area contributed by atoms with E-state index < -0.39 is 21.2 Å². The molecule has 0 aromatic heterocycles. The summed E-state index contributed by atoms with van der Waals surface area (Å²) in [4.78, 5) is 32.2. The Morgan fingerprint density at radius 1 is 1.24 bits per heavy atom. The fourth-order valence-electron chi connectivity index (χ4n) is 1.86. The second kappa shape index (κ2) is 6.29. The molecule has 0 aliphatic heterocycles. The third-order valence-corrected chi connectivity index (χ3v) is 2.94. The molecule has 8 nitrogen and oxygen atoms in total. The topological polar surface area (TPSA) is 113 Å². The molecule has 0 fully saturated rings. The standard InChI is InChI=1S/C13H16N2O6/c1-4-21-12(16)13(2,3)8-9-5-6-10(14(17)18)7-11(9)15(19)20/h5-7H,4,8H2,1-3H3. The molecular formula is C13H16N2O6. The number of nitro groups is 2. The number of carbonyl (C=O) groups excluding carboxylic acids is 1. The predicted molar refractivity (Wildman–Crippen MR) is 73.9 cm³/mol. The average Bonchev–Trinajstić information content (AvgIpc) is 2.38. The second-order valence-electron chi connectivity index (χ2n) is 5.11. The van der Waals surface area contributed by atoms with E-state index in [9.17, 15) is 25.0 Å². The number of non-ortho nitro benzene ring substituents is 1. The maximum atomic E-state index is 11.8. The monoisotopic (exact) mass is 296 g/mol. The zero-order valence-electron chi connectivity index (χ0n) is 12.0. The molecule has 0 atom stereocenters. The molecule has 0 heterocycles. The van der Waals surface area contributed by atoms with Crippen molar-refractivity contribution in [2.45, 2.75) is 27.2 Å². The Morgan fingerprint density at radius 3 is 2.33 bits per heavy atom. The van der Waals surface area contributed by atoms with Gasteiger partial charge in [-0.1, -0.05) is 0 Å². The molecule has 0 N–H and O–H groups in total. The molecular weight excluding hydrogens is 280 g/mol. The van der Waals surface area contributed by atoms with Crippen LogP contribution in [0.3, 0.4) is 0 Å². The van der Waals surface area contributed by atoms with Crippen molar-refractivity contribution in [3.8, 4) is 0 Å². The zero-order valence-corrected chi connectivity index (χ0v) is 12.0. The van der Waals surface area contributed by atoms with Crippen molar-refractivity contribution >= 4 is 17.3 Å². The van der Waals surface area contributed by atoms with Gasteiger partial charge in [-0.3, -0.25) is 25.0 Å². The summed E-state index contributed by atoms with van der Waals surface area (Å²) < 4.78 is 4.92. The molecule has 0 spiro atoms. The van der Waals surface area contributed by atoms with Gasteiger partial charge in [0, 0.05) is 11.6 Å². The van der Waals surface area contributed by atoms with Gasteiger partial charge >= 0.3 is 5.97 Å². The lowest BCUT2D eigenvalue weighted by Crippen LogP contribution is -2.29. The largest absolute Gasteiger partial charge is 0.466 e. The molecule has 0 unspecified atom stereocenters. The molecule has 21 heavy (non-hydrogen) atoms. The van der Waals surface area contributed by atoms with Crippen LogP contribution in [0.15, 0.2) is 18.2 Å². The number of ether oxygens (including phenoxy) is 1. The van der Waals surface area contributed by atoms with Gasteiger partial charge in [0.25, 0.3) is 11.4 Å². The SMILES string of the molecule is CCOC(=O)C(C)(C)Cc1ccc([N+](=O)[O-])cc1[N+](=O)[O-]. The van der Waals surface area contributed by atoms with Gasteiger partial charge in [0.2, 0.25) is 0 Å². The van der Waals surface area contributed by atoms with E-state index in [-0.39, 0.29) is 30.0 Å². The van der Waals surface area contributed by atoms with E-state index in [2.05, 4.69) is 0 Å². The van der Waals surface area contributed by atoms with Crippen LogP contribution in [0, 0.1) is 25.6 Å². The highest BCUT2D eigenvalue weighted by molar-refractivity contribution is 5.76. The molecule has 0 aliphatic carbocycles. The van der Waals surface area contributed by atoms with E-state index >= 15 is 0 Å². The minimum Gasteiger partial charge on any atom is -0.466 e. The maximum Gasteiger partial charge on any atom is 0.311 e. The van der Waals surface area contributed by atoms with Crippen LogP contribution < -0.4 is 0 Å². The fourth-order valence-corrected chi connectivity index (χ4v) is 1.86. The highest BCUT2D eigenvalue weighted by Gasteiger charge is 2.32. The molecule has 0 aliphatic rings. The van der Waals surface area contributed by atoms with Crippen molar-refractivity contribution in [2.75, 3.05) is 6.61 Å². The summed E-state index contributed by atoms with van der Waals surface area (Å²) in [6.07, 6.45) is 0.0557. The molecule has 8 heteroatoms. The summed E-state index contributed by atoms with van der Waals surface area (Å²) in [5.74, 6) is -0.474. The van der Waals surface area contributed by atoms with Crippen LogP contribution in [0.1, 0.15) is 26.3 Å². The summed E-state index contributed by atoms with van der Waals surface area (Å²) in [6, 6.07) is 3.39. The van der Waals surface area contributed by atoms with E-state index in [0.717, 1.165) is 6.07 Å². The first-order chi connectivity index (χ1) is 9.69. The van der Waals surface area contributed by atoms with Crippen LogP contribution in [0.5, 0.6) is 0 Å². The Balaban J connectivity index is 3.16. The minimum atomic E-state index is -0.961. The fraction of sp³-hybridized carbons (Fsp3) is 0.462. The van der Waals surface area contributed by atoms with Crippen LogP contribution in [0.2, 0.25) is 0 Å². The van der Waals surface area contributed by atoms with Gasteiger partial charge in [-0.15, -0.1) is 0 Å². The smallest absolute Gasteiger partial charge is 0.311 e. The molecule has 0 saturated carbocycles. The minimum absolute atomic E-state index is 0.0557. The molecule has 0 saturated heterocycles. The Labute approximate surface area is 121 Å². The highest BCUT2D eigenvalue weighted by Crippen LogP contribution is 2.31. The number of nitro benzene ring substituents is 2. The highest BCUT2D eigenvalue weighted by atomic mass is 16.6. The predicted octanol–water partition coefficient (Wildman–Crippen LogP) is 2.63. The Bertz CT molecular complexity index is 582. The maximum absolute atomic E-state index is 11.8. The summed E-state index contributed by atoms with van der Waals surface area (Å²) in [6.45, 7) is 5.10. The van der Waals surface area contributed by atoms with Crippen molar-refractivity contribution in [3.63, 3.8) is 0 Å². The van der Waals surface area contributed by atoms with E-state index in [1.54, 1.807) is 20.8 Å². The van der Waals surface area contributed by atoms with E-state index in [1.165, 1.54) is 12.1 Å². The van der Waals surface area contributed by atoms with Crippen molar-refractivity contribution in [3.05, 3.63) is 44.0 Å². The molecule has 0 radical (unpaired) electrons. The lowest BCUT2D eigenvalue weighted by atomic mass is 9.85.